The van der Waals surface area contributed by atoms with Crippen LogP contribution in [-0.4, -0.2) is 18.1 Å². The van der Waals surface area contributed by atoms with Crippen molar-refractivity contribution in [1.82, 2.24) is 0 Å². The Morgan fingerprint density at radius 2 is 1.71 bits per heavy atom. The Bertz CT molecular complexity index is 638. The summed E-state index contributed by atoms with van der Waals surface area (Å²) < 4.78 is 35.3. The third-order valence-electron chi connectivity index (χ3n) is 1.99. The summed E-state index contributed by atoms with van der Waals surface area (Å²) in [7, 11) is -4.77. The number of hydrogen-bond acceptors (Lipinski definition) is 5. The Morgan fingerprint density at radius 1 is 1.06 bits per heavy atom. The van der Waals surface area contributed by atoms with E-state index in [1.165, 1.54) is 24.3 Å². The van der Waals surface area contributed by atoms with Gasteiger partial charge in [0.2, 0.25) is 0 Å². The van der Waals surface area contributed by atoms with Crippen LogP contribution in [0.15, 0.2) is 36.4 Å². The van der Waals surface area contributed by atoms with Crippen LogP contribution < -0.4 is 33.7 Å². The normalized spacial score (nSPS) is 10.9. The summed E-state index contributed by atoms with van der Waals surface area (Å²) in [5.74, 6) is -0.0252. The van der Waals surface area contributed by atoms with E-state index in [1.54, 1.807) is 12.1 Å². The summed E-state index contributed by atoms with van der Waals surface area (Å²) in [5, 5.41) is 10.6. The summed E-state index contributed by atoms with van der Waals surface area (Å²) in [6.07, 6.45) is 0. The molecular weight excluding hydrogens is 255 g/mol. The SMILES string of the molecule is O=S(=O)([O-])Oc1ccc2ccc(O)cc2c1.[Na+]. The van der Waals surface area contributed by atoms with E-state index in [9.17, 15) is 18.1 Å². The number of hydrogen-bond donors (Lipinski definition) is 1. The van der Waals surface area contributed by atoms with Crippen LogP contribution in [0, 0.1) is 0 Å². The van der Waals surface area contributed by atoms with Gasteiger partial charge in [0.15, 0.2) is 0 Å². The van der Waals surface area contributed by atoms with Gasteiger partial charge in [-0.15, -0.1) is 0 Å². The van der Waals surface area contributed by atoms with Crippen LogP contribution in [-0.2, 0) is 10.4 Å². The van der Waals surface area contributed by atoms with Crippen molar-refractivity contribution in [2.75, 3.05) is 0 Å². The van der Waals surface area contributed by atoms with Crippen molar-refractivity contribution in [3.63, 3.8) is 0 Å². The zero-order valence-electron chi connectivity index (χ0n) is 8.95. The van der Waals surface area contributed by atoms with Gasteiger partial charge < -0.3 is 13.8 Å². The Balaban J connectivity index is 0.00000144. The largest absolute Gasteiger partial charge is 1.00 e. The van der Waals surface area contributed by atoms with Crippen molar-refractivity contribution in [1.29, 1.82) is 0 Å². The molecule has 0 atom stereocenters. The molecule has 1 N–H and O–H groups in total. The van der Waals surface area contributed by atoms with E-state index in [1.807, 2.05) is 0 Å². The van der Waals surface area contributed by atoms with Gasteiger partial charge in [-0.2, -0.15) is 0 Å². The maximum atomic E-state index is 10.4. The topological polar surface area (TPSA) is 86.7 Å². The van der Waals surface area contributed by atoms with Gasteiger partial charge >= 0.3 is 29.6 Å². The van der Waals surface area contributed by atoms with Crippen LogP contribution in [0.3, 0.4) is 0 Å². The van der Waals surface area contributed by atoms with Gasteiger partial charge in [0.1, 0.15) is 11.5 Å². The molecule has 2 aromatic rings. The Hall–Kier alpha value is -0.790. The monoisotopic (exact) mass is 262 g/mol. The molecule has 0 amide bonds. The molecule has 2 rings (SSSR count). The first-order valence-electron chi connectivity index (χ1n) is 4.32. The minimum Gasteiger partial charge on any atom is -0.716 e. The smallest absolute Gasteiger partial charge is 0.716 e. The van der Waals surface area contributed by atoms with E-state index < -0.39 is 10.4 Å². The van der Waals surface area contributed by atoms with Gasteiger partial charge in [-0.1, -0.05) is 12.1 Å². The van der Waals surface area contributed by atoms with Crippen LogP contribution in [0.4, 0.5) is 0 Å². The standard InChI is InChI=1S/C10H8O5S.Na/c11-9-3-1-7-2-4-10(6-8(7)5-9)15-16(12,13)14;/h1-6,11H,(H,12,13,14);/q;+1/p-1. The number of phenols is 1. The molecule has 0 saturated heterocycles. The maximum Gasteiger partial charge on any atom is 1.00 e. The molecule has 0 spiro atoms. The first-order chi connectivity index (χ1) is 7.44. The molecule has 5 nitrogen and oxygen atoms in total. The van der Waals surface area contributed by atoms with Crippen molar-refractivity contribution < 1.29 is 51.8 Å². The van der Waals surface area contributed by atoms with E-state index in [0.29, 0.717) is 5.39 Å². The summed E-state index contributed by atoms with van der Waals surface area (Å²) in [6.45, 7) is 0. The molecule has 0 aliphatic heterocycles. The molecule has 0 bridgehead atoms. The van der Waals surface area contributed by atoms with Crippen molar-refractivity contribution in [3.05, 3.63) is 36.4 Å². The second kappa shape index (κ2) is 5.24. The minimum absolute atomic E-state index is 0. The second-order valence-electron chi connectivity index (χ2n) is 3.18. The Labute approximate surface area is 120 Å². The fourth-order valence-corrected chi connectivity index (χ4v) is 1.72. The van der Waals surface area contributed by atoms with Gasteiger partial charge in [0, 0.05) is 0 Å². The molecule has 0 fully saturated rings. The quantitative estimate of drug-likeness (QED) is 0.400. The fourth-order valence-electron chi connectivity index (χ4n) is 1.38. The summed E-state index contributed by atoms with van der Waals surface area (Å²) >= 11 is 0. The van der Waals surface area contributed by atoms with Crippen molar-refractivity contribution in [2.24, 2.45) is 0 Å². The first-order valence-corrected chi connectivity index (χ1v) is 5.65. The van der Waals surface area contributed by atoms with Crippen LogP contribution >= 0.6 is 0 Å². The van der Waals surface area contributed by atoms with E-state index in [2.05, 4.69) is 4.18 Å². The van der Waals surface area contributed by atoms with Crippen LogP contribution in [0.5, 0.6) is 11.5 Å². The maximum absolute atomic E-state index is 10.4. The van der Waals surface area contributed by atoms with Crippen LogP contribution in [0.2, 0.25) is 0 Å². The van der Waals surface area contributed by atoms with Crippen molar-refractivity contribution >= 4 is 21.2 Å². The average molecular weight is 262 g/mol. The van der Waals surface area contributed by atoms with Gasteiger partial charge in [-0.3, -0.25) is 0 Å². The number of rotatable bonds is 2. The van der Waals surface area contributed by atoms with Crippen LogP contribution in [0.1, 0.15) is 0 Å². The van der Waals surface area contributed by atoms with Crippen LogP contribution in [0.25, 0.3) is 10.8 Å². The first kappa shape index (κ1) is 14.3. The van der Waals surface area contributed by atoms with Gasteiger partial charge in [0.05, 0.1) is 0 Å². The minimum atomic E-state index is -4.77. The molecule has 7 heteroatoms. The zero-order chi connectivity index (χ0) is 11.8. The van der Waals surface area contributed by atoms with Gasteiger partial charge in [0.25, 0.3) is 10.4 Å². The third kappa shape index (κ3) is 3.86. The molecule has 17 heavy (non-hydrogen) atoms. The molecule has 0 aliphatic rings. The summed E-state index contributed by atoms with van der Waals surface area (Å²) in [6, 6.07) is 8.95. The van der Waals surface area contributed by atoms with Gasteiger partial charge in [-0.05, 0) is 35.0 Å². The predicted octanol–water partition coefficient (Wildman–Crippen LogP) is -1.61. The zero-order valence-corrected chi connectivity index (χ0v) is 11.8. The average Bonchev–Trinajstić information content (AvgIpc) is 2.14. The molecule has 0 aliphatic carbocycles. The molecule has 0 heterocycles. The van der Waals surface area contributed by atoms with Crippen molar-refractivity contribution in [2.45, 2.75) is 0 Å². The van der Waals surface area contributed by atoms with Gasteiger partial charge in [-0.25, -0.2) is 8.42 Å². The Morgan fingerprint density at radius 3 is 2.35 bits per heavy atom. The van der Waals surface area contributed by atoms with Crippen molar-refractivity contribution in [3.8, 4) is 11.5 Å². The molecule has 84 valence electrons. The predicted molar refractivity (Wildman–Crippen MR) is 55.9 cm³/mol. The summed E-state index contributed by atoms with van der Waals surface area (Å²) in [4.78, 5) is 0. The number of benzene rings is 2. The molecule has 0 unspecified atom stereocenters. The molecule has 0 aromatic heterocycles. The number of aromatic hydroxyl groups is 1. The molecule has 0 radical (unpaired) electrons. The molecular formula is C10H7NaO5S. The Kier molecular flexibility index (Phi) is 4.40. The van der Waals surface area contributed by atoms with E-state index in [-0.39, 0.29) is 41.1 Å². The number of fused-ring (bicyclic) bond motifs is 1. The second-order valence-corrected chi connectivity index (χ2v) is 4.17. The van der Waals surface area contributed by atoms with E-state index in [4.69, 9.17) is 0 Å². The van der Waals surface area contributed by atoms with E-state index in [0.717, 1.165) is 5.39 Å². The molecule has 2 aromatic carbocycles. The fraction of sp³-hybridized carbons (Fsp3) is 0. The number of phenolic OH excluding ortho intramolecular Hbond substituents is 1. The third-order valence-corrected chi connectivity index (χ3v) is 2.39. The summed E-state index contributed by atoms with van der Waals surface area (Å²) in [5.41, 5.74) is 0. The van der Waals surface area contributed by atoms with E-state index >= 15 is 0 Å². The molecule has 0 saturated carbocycles.